The Morgan fingerprint density at radius 3 is 2.43 bits per heavy atom. The molecule has 1 N–H and O–H groups in total. The number of carbonyl (C=O) groups is 1. The number of carbonyl (C=O) groups excluding carboxylic acids is 1. The molecule has 0 bridgehead atoms. The lowest BCUT2D eigenvalue weighted by Gasteiger charge is -2.16. The second-order valence-electron chi connectivity index (χ2n) is 7.65. The molecule has 1 fully saturated rings. The van der Waals surface area contributed by atoms with Crippen molar-refractivity contribution < 1.29 is 4.79 Å². The van der Waals surface area contributed by atoms with Gasteiger partial charge in [-0.1, -0.05) is 41.9 Å². The van der Waals surface area contributed by atoms with Crippen LogP contribution >= 0.6 is 11.6 Å². The summed E-state index contributed by atoms with van der Waals surface area (Å²) >= 11 is 5.90. The summed E-state index contributed by atoms with van der Waals surface area (Å²) in [6.07, 6.45) is 2.69. The third-order valence-corrected chi connectivity index (χ3v) is 5.75. The molecule has 1 aliphatic heterocycles. The van der Waals surface area contributed by atoms with Crippen molar-refractivity contribution in [2.45, 2.75) is 32.4 Å². The van der Waals surface area contributed by atoms with E-state index in [2.05, 4.69) is 15.3 Å². The highest BCUT2D eigenvalue weighted by molar-refractivity contribution is 6.30. The van der Waals surface area contributed by atoms with Crippen molar-refractivity contribution in [2.75, 3.05) is 19.6 Å². The summed E-state index contributed by atoms with van der Waals surface area (Å²) in [5.74, 6) is -0.0991. The minimum absolute atomic E-state index is 0.0824. The molecule has 0 saturated carbocycles. The van der Waals surface area contributed by atoms with E-state index in [-0.39, 0.29) is 24.4 Å². The minimum Gasteiger partial charge on any atom is -0.350 e. The van der Waals surface area contributed by atoms with Gasteiger partial charge in [0.1, 0.15) is 0 Å². The van der Waals surface area contributed by atoms with Crippen LogP contribution in [0.4, 0.5) is 0 Å². The van der Waals surface area contributed by atoms with Crippen LogP contribution < -0.4 is 10.9 Å². The van der Waals surface area contributed by atoms with E-state index in [1.54, 1.807) is 16.8 Å². The molecule has 0 radical (unpaired) electrons. The molecule has 1 aliphatic rings. The molecular weight excluding hydrogens is 400 g/mol. The van der Waals surface area contributed by atoms with Crippen molar-refractivity contribution in [2.24, 2.45) is 0 Å². The van der Waals surface area contributed by atoms with Gasteiger partial charge in [0.05, 0.1) is 30.6 Å². The zero-order valence-corrected chi connectivity index (χ0v) is 17.6. The first-order chi connectivity index (χ1) is 14.6. The maximum atomic E-state index is 12.9. The van der Waals surface area contributed by atoms with E-state index in [0.717, 1.165) is 30.6 Å². The summed E-state index contributed by atoms with van der Waals surface area (Å²) in [5.41, 5.74) is 1.52. The van der Waals surface area contributed by atoms with Gasteiger partial charge in [0.25, 0.3) is 5.56 Å². The number of hydrogen-bond acceptors (Lipinski definition) is 4. The van der Waals surface area contributed by atoms with Crippen molar-refractivity contribution in [3.8, 4) is 0 Å². The molecular formula is C23H25ClN4O2. The minimum atomic E-state index is -0.0991. The number of fused-ring (bicyclic) bond motifs is 1. The molecule has 3 aromatic rings. The van der Waals surface area contributed by atoms with Gasteiger partial charge in [-0.2, -0.15) is 5.10 Å². The molecule has 2 heterocycles. The topological polar surface area (TPSA) is 67.2 Å². The lowest BCUT2D eigenvalue weighted by atomic mass is 10.1. The van der Waals surface area contributed by atoms with E-state index >= 15 is 0 Å². The molecule has 0 aliphatic carbocycles. The number of halogens is 1. The van der Waals surface area contributed by atoms with Crippen molar-refractivity contribution in [1.82, 2.24) is 20.0 Å². The summed E-state index contributed by atoms with van der Waals surface area (Å²) in [4.78, 5) is 27.6. The van der Waals surface area contributed by atoms with Crippen molar-refractivity contribution >= 4 is 28.3 Å². The Morgan fingerprint density at radius 2 is 1.70 bits per heavy atom. The number of rotatable bonds is 7. The molecule has 2 aromatic carbocycles. The van der Waals surface area contributed by atoms with Gasteiger partial charge in [-0.25, -0.2) is 4.68 Å². The Bertz CT molecular complexity index is 1090. The van der Waals surface area contributed by atoms with Gasteiger partial charge in [0.15, 0.2) is 0 Å². The Labute approximate surface area is 180 Å². The summed E-state index contributed by atoms with van der Waals surface area (Å²) in [5, 5.41) is 9.60. The van der Waals surface area contributed by atoms with E-state index in [9.17, 15) is 9.59 Å². The molecule has 1 aromatic heterocycles. The highest BCUT2D eigenvalue weighted by atomic mass is 35.5. The van der Waals surface area contributed by atoms with Crippen LogP contribution in [0.2, 0.25) is 5.02 Å². The molecule has 0 unspecified atom stereocenters. The van der Waals surface area contributed by atoms with Crippen LogP contribution in [0.25, 0.3) is 10.8 Å². The van der Waals surface area contributed by atoms with Crippen molar-refractivity contribution in [1.29, 1.82) is 0 Å². The predicted octanol–water partition coefficient (Wildman–Crippen LogP) is 3.00. The van der Waals surface area contributed by atoms with Crippen LogP contribution in [0.15, 0.2) is 53.3 Å². The van der Waals surface area contributed by atoms with Crippen LogP contribution in [0.3, 0.4) is 0 Å². The van der Waals surface area contributed by atoms with Crippen molar-refractivity contribution in [3.63, 3.8) is 0 Å². The van der Waals surface area contributed by atoms with E-state index in [1.807, 2.05) is 36.4 Å². The molecule has 1 amide bonds. The van der Waals surface area contributed by atoms with Crippen LogP contribution in [0, 0.1) is 0 Å². The van der Waals surface area contributed by atoms with E-state index < -0.39 is 0 Å². The highest BCUT2D eigenvalue weighted by Crippen LogP contribution is 2.14. The van der Waals surface area contributed by atoms with E-state index in [1.165, 1.54) is 12.8 Å². The lowest BCUT2D eigenvalue weighted by molar-refractivity contribution is -0.120. The Balaban J connectivity index is 1.50. The van der Waals surface area contributed by atoms with Gasteiger partial charge in [0.2, 0.25) is 5.91 Å². The molecule has 7 heteroatoms. The number of benzene rings is 2. The van der Waals surface area contributed by atoms with Gasteiger partial charge in [-0.15, -0.1) is 0 Å². The second kappa shape index (κ2) is 9.41. The molecule has 4 rings (SSSR count). The third kappa shape index (κ3) is 4.89. The van der Waals surface area contributed by atoms with E-state index in [4.69, 9.17) is 11.6 Å². The van der Waals surface area contributed by atoms with E-state index in [0.29, 0.717) is 22.6 Å². The number of nitrogens with zero attached hydrogens (tertiary/aromatic N) is 3. The third-order valence-electron chi connectivity index (χ3n) is 5.50. The van der Waals surface area contributed by atoms with Gasteiger partial charge in [-0.3, -0.25) is 9.59 Å². The average molecular weight is 425 g/mol. The highest BCUT2D eigenvalue weighted by Gasteiger charge is 2.15. The fourth-order valence-electron chi connectivity index (χ4n) is 3.86. The lowest BCUT2D eigenvalue weighted by Crippen LogP contribution is -2.33. The van der Waals surface area contributed by atoms with Crippen molar-refractivity contribution in [3.05, 3.63) is 75.2 Å². The van der Waals surface area contributed by atoms with Gasteiger partial charge in [0, 0.05) is 17.0 Å². The zero-order chi connectivity index (χ0) is 20.9. The number of aromatic nitrogens is 2. The van der Waals surface area contributed by atoms with Crippen LogP contribution in [0.1, 0.15) is 24.1 Å². The maximum Gasteiger partial charge on any atom is 0.274 e. The number of hydrogen-bond donors (Lipinski definition) is 1. The predicted molar refractivity (Wildman–Crippen MR) is 119 cm³/mol. The molecule has 30 heavy (non-hydrogen) atoms. The Hall–Kier alpha value is -2.70. The first-order valence-corrected chi connectivity index (χ1v) is 10.7. The molecule has 156 valence electrons. The largest absolute Gasteiger partial charge is 0.350 e. The van der Waals surface area contributed by atoms with Crippen LogP contribution in [-0.2, 0) is 24.3 Å². The fraction of sp³-hybridized carbons (Fsp3) is 0.348. The normalized spacial score (nSPS) is 14.3. The number of nitrogens with one attached hydrogen (secondary N) is 1. The zero-order valence-electron chi connectivity index (χ0n) is 16.8. The smallest absolute Gasteiger partial charge is 0.274 e. The summed E-state index contributed by atoms with van der Waals surface area (Å²) in [6.45, 7) is 3.80. The summed E-state index contributed by atoms with van der Waals surface area (Å²) in [6, 6.07) is 14.7. The molecule has 0 atom stereocenters. The standard InChI is InChI=1S/C23H25ClN4O2/c24-18-9-7-17(8-10-18)15-22(29)25-16-21-19-5-1-2-6-20(19)23(30)28(26-21)14-13-27-11-3-4-12-27/h1-2,5-10H,3-4,11-16H2,(H,25,29). The fourth-order valence-corrected chi connectivity index (χ4v) is 3.99. The average Bonchev–Trinajstić information content (AvgIpc) is 3.28. The SMILES string of the molecule is O=C(Cc1ccc(Cl)cc1)NCc1nn(CCN2CCCC2)c(=O)c2ccccc12. The van der Waals surface area contributed by atoms with Crippen LogP contribution in [-0.4, -0.2) is 40.2 Å². The summed E-state index contributed by atoms with van der Waals surface area (Å²) in [7, 11) is 0. The van der Waals surface area contributed by atoms with Gasteiger partial charge >= 0.3 is 0 Å². The number of likely N-dealkylation sites (tertiary alicyclic amines) is 1. The first-order valence-electron chi connectivity index (χ1n) is 10.3. The van der Waals surface area contributed by atoms with Gasteiger partial charge in [-0.05, 0) is 49.7 Å². The first kappa shape index (κ1) is 20.6. The maximum absolute atomic E-state index is 12.9. The molecule has 0 spiro atoms. The van der Waals surface area contributed by atoms with Crippen LogP contribution in [0.5, 0.6) is 0 Å². The second-order valence-corrected chi connectivity index (χ2v) is 8.09. The Kier molecular flexibility index (Phi) is 6.45. The monoisotopic (exact) mass is 424 g/mol. The molecule has 6 nitrogen and oxygen atoms in total. The quantitative estimate of drug-likeness (QED) is 0.633. The number of amides is 1. The molecule has 1 saturated heterocycles. The Morgan fingerprint density at radius 1 is 1.00 bits per heavy atom. The van der Waals surface area contributed by atoms with Gasteiger partial charge < -0.3 is 10.2 Å². The summed E-state index contributed by atoms with van der Waals surface area (Å²) < 4.78 is 1.54.